The molecule has 2 fully saturated rings. The quantitative estimate of drug-likeness (QED) is 0.724. The lowest BCUT2D eigenvalue weighted by Crippen LogP contribution is -2.52. The number of hydrogen-bond acceptors (Lipinski definition) is 4. The molecule has 0 saturated carbocycles. The summed E-state index contributed by atoms with van der Waals surface area (Å²) in [5.74, 6) is 1.27. The molecule has 160 valence electrons. The van der Waals surface area contributed by atoms with Crippen molar-refractivity contribution in [1.29, 1.82) is 0 Å². The van der Waals surface area contributed by atoms with Gasteiger partial charge in [-0.25, -0.2) is 0 Å². The van der Waals surface area contributed by atoms with E-state index in [1.807, 2.05) is 30.3 Å². The van der Waals surface area contributed by atoms with Crippen LogP contribution in [0.1, 0.15) is 18.4 Å². The van der Waals surface area contributed by atoms with Gasteiger partial charge in [-0.15, -0.1) is 0 Å². The summed E-state index contributed by atoms with van der Waals surface area (Å²) in [7, 11) is 1.68. The van der Waals surface area contributed by atoms with Crippen LogP contribution in [0.25, 0.3) is 0 Å². The summed E-state index contributed by atoms with van der Waals surface area (Å²) in [5.41, 5.74) is 2.33. The minimum atomic E-state index is 0.0915. The largest absolute Gasteiger partial charge is 0.497 e. The molecule has 2 aliphatic rings. The normalized spacial score (nSPS) is 20.3. The van der Waals surface area contributed by atoms with Gasteiger partial charge in [0.05, 0.1) is 13.0 Å². The number of nitrogens with zero attached hydrogens (tertiary/aromatic N) is 3. The third kappa shape index (κ3) is 4.90. The van der Waals surface area contributed by atoms with Crippen molar-refractivity contribution in [2.75, 3.05) is 51.3 Å². The van der Waals surface area contributed by atoms with Crippen LogP contribution in [0, 0.1) is 5.92 Å². The molecule has 4 rings (SSSR count). The molecule has 1 atom stereocenters. The standard InChI is InChI=1S/C24H30ClN3O2/c1-30-22-10-8-21(9-11-22)27-13-15-28(16-14-27)24(29)20-6-4-12-26(18-20)17-19-5-2-3-7-23(19)25/h2-3,5,7-11,20H,4,6,12-18H2,1H3/t20-/m0/s1. The Hall–Kier alpha value is -2.24. The number of benzene rings is 2. The van der Waals surface area contributed by atoms with Crippen LogP contribution in [0.3, 0.4) is 0 Å². The van der Waals surface area contributed by atoms with Gasteiger partial charge in [0.25, 0.3) is 0 Å². The minimum Gasteiger partial charge on any atom is -0.497 e. The number of carbonyl (C=O) groups excluding carboxylic acids is 1. The van der Waals surface area contributed by atoms with Crippen LogP contribution in [0.5, 0.6) is 5.75 Å². The van der Waals surface area contributed by atoms with Crippen molar-refractivity contribution >= 4 is 23.2 Å². The van der Waals surface area contributed by atoms with E-state index in [1.54, 1.807) is 7.11 Å². The molecule has 0 spiro atoms. The van der Waals surface area contributed by atoms with Crippen molar-refractivity contribution in [3.63, 3.8) is 0 Å². The van der Waals surface area contributed by atoms with Gasteiger partial charge < -0.3 is 14.5 Å². The fourth-order valence-electron chi connectivity index (χ4n) is 4.50. The van der Waals surface area contributed by atoms with E-state index in [0.29, 0.717) is 5.91 Å². The molecular formula is C24H30ClN3O2. The SMILES string of the molecule is COc1ccc(N2CCN(C(=O)[C@H]3CCCN(Cc4ccccc4Cl)C3)CC2)cc1. The second kappa shape index (κ2) is 9.71. The molecule has 1 amide bonds. The van der Waals surface area contributed by atoms with Crippen molar-refractivity contribution < 1.29 is 9.53 Å². The van der Waals surface area contributed by atoms with E-state index < -0.39 is 0 Å². The Kier molecular flexibility index (Phi) is 6.80. The van der Waals surface area contributed by atoms with Gasteiger partial charge in [0.2, 0.25) is 5.91 Å². The van der Waals surface area contributed by atoms with Gasteiger partial charge in [0.15, 0.2) is 0 Å². The number of carbonyl (C=O) groups is 1. The third-order valence-corrected chi connectivity index (χ3v) is 6.60. The molecule has 0 aliphatic carbocycles. The van der Waals surface area contributed by atoms with Crippen LogP contribution in [-0.4, -0.2) is 62.1 Å². The highest BCUT2D eigenvalue weighted by molar-refractivity contribution is 6.31. The van der Waals surface area contributed by atoms with Crippen LogP contribution in [0.4, 0.5) is 5.69 Å². The van der Waals surface area contributed by atoms with Crippen molar-refractivity contribution in [1.82, 2.24) is 9.80 Å². The van der Waals surface area contributed by atoms with Crippen LogP contribution in [0.2, 0.25) is 5.02 Å². The highest BCUT2D eigenvalue weighted by Crippen LogP contribution is 2.25. The second-order valence-electron chi connectivity index (χ2n) is 8.18. The van der Waals surface area contributed by atoms with Crippen LogP contribution in [-0.2, 0) is 11.3 Å². The number of amides is 1. The Bertz CT molecular complexity index is 850. The second-order valence-corrected chi connectivity index (χ2v) is 8.58. The number of piperazine rings is 1. The number of likely N-dealkylation sites (tertiary alicyclic amines) is 1. The minimum absolute atomic E-state index is 0.0915. The fraction of sp³-hybridized carbons (Fsp3) is 0.458. The van der Waals surface area contributed by atoms with Crippen LogP contribution >= 0.6 is 11.6 Å². The Labute approximate surface area is 184 Å². The van der Waals surface area contributed by atoms with Crippen molar-refractivity contribution in [2.24, 2.45) is 5.92 Å². The number of rotatable bonds is 5. The number of anilines is 1. The van der Waals surface area contributed by atoms with Gasteiger partial charge in [0.1, 0.15) is 5.75 Å². The number of halogens is 1. The van der Waals surface area contributed by atoms with Crippen molar-refractivity contribution in [2.45, 2.75) is 19.4 Å². The van der Waals surface area contributed by atoms with Crippen LogP contribution < -0.4 is 9.64 Å². The fourth-order valence-corrected chi connectivity index (χ4v) is 4.70. The predicted octanol–water partition coefficient (Wildman–Crippen LogP) is 3.91. The molecule has 2 aliphatic heterocycles. The zero-order chi connectivity index (χ0) is 20.9. The number of piperidine rings is 1. The first kappa shape index (κ1) is 21.0. The molecule has 6 heteroatoms. The van der Waals surface area contributed by atoms with Gasteiger partial charge in [-0.05, 0) is 55.3 Å². The van der Waals surface area contributed by atoms with Gasteiger partial charge in [-0.2, -0.15) is 0 Å². The molecule has 0 N–H and O–H groups in total. The van der Waals surface area contributed by atoms with Gasteiger partial charge >= 0.3 is 0 Å². The monoisotopic (exact) mass is 427 g/mol. The summed E-state index contributed by atoms with van der Waals surface area (Å²) < 4.78 is 5.24. The van der Waals surface area contributed by atoms with Gasteiger partial charge in [-0.3, -0.25) is 9.69 Å². The summed E-state index contributed by atoms with van der Waals surface area (Å²) in [4.78, 5) is 20.0. The molecule has 0 unspecified atom stereocenters. The molecule has 5 nitrogen and oxygen atoms in total. The topological polar surface area (TPSA) is 36.0 Å². The van der Waals surface area contributed by atoms with Crippen molar-refractivity contribution in [3.05, 3.63) is 59.1 Å². The Morgan fingerprint density at radius 2 is 1.77 bits per heavy atom. The zero-order valence-corrected chi connectivity index (χ0v) is 18.4. The average molecular weight is 428 g/mol. The van der Waals surface area contributed by atoms with E-state index in [4.69, 9.17) is 16.3 Å². The predicted molar refractivity (Wildman–Crippen MR) is 121 cm³/mol. The van der Waals surface area contributed by atoms with E-state index in [2.05, 4.69) is 32.9 Å². The Balaban J connectivity index is 1.30. The van der Waals surface area contributed by atoms with Crippen LogP contribution in [0.15, 0.2) is 48.5 Å². The van der Waals surface area contributed by atoms with E-state index >= 15 is 0 Å². The molecule has 0 bridgehead atoms. The molecule has 2 aromatic rings. The molecule has 2 saturated heterocycles. The molecule has 2 aromatic carbocycles. The summed E-state index contributed by atoms with van der Waals surface area (Å²) in [6.07, 6.45) is 2.04. The van der Waals surface area contributed by atoms with Gasteiger partial charge in [0, 0.05) is 50.0 Å². The first-order valence-electron chi connectivity index (χ1n) is 10.8. The maximum Gasteiger partial charge on any atom is 0.227 e. The first-order valence-corrected chi connectivity index (χ1v) is 11.2. The van der Waals surface area contributed by atoms with Crippen molar-refractivity contribution in [3.8, 4) is 5.75 Å². The maximum absolute atomic E-state index is 13.2. The van der Waals surface area contributed by atoms with E-state index in [0.717, 1.165) is 75.0 Å². The molecular weight excluding hydrogens is 398 g/mol. The lowest BCUT2D eigenvalue weighted by atomic mass is 9.95. The highest BCUT2D eigenvalue weighted by Gasteiger charge is 2.31. The molecule has 2 heterocycles. The smallest absolute Gasteiger partial charge is 0.227 e. The first-order chi connectivity index (χ1) is 14.6. The van der Waals surface area contributed by atoms with E-state index in [-0.39, 0.29) is 5.92 Å². The van der Waals surface area contributed by atoms with E-state index in [9.17, 15) is 4.79 Å². The highest BCUT2D eigenvalue weighted by atomic mass is 35.5. The molecule has 0 aromatic heterocycles. The summed E-state index contributed by atoms with van der Waals surface area (Å²) in [5, 5.41) is 0.806. The third-order valence-electron chi connectivity index (χ3n) is 6.24. The van der Waals surface area contributed by atoms with Gasteiger partial charge in [-0.1, -0.05) is 29.8 Å². The number of hydrogen-bond donors (Lipinski definition) is 0. The Morgan fingerprint density at radius 3 is 2.47 bits per heavy atom. The molecule has 30 heavy (non-hydrogen) atoms. The maximum atomic E-state index is 13.2. The summed E-state index contributed by atoms with van der Waals surface area (Å²) in [6.45, 7) is 5.97. The number of methoxy groups -OCH3 is 1. The van der Waals surface area contributed by atoms with E-state index in [1.165, 1.54) is 5.69 Å². The summed E-state index contributed by atoms with van der Waals surface area (Å²) >= 11 is 6.33. The zero-order valence-electron chi connectivity index (χ0n) is 17.6. The molecule has 0 radical (unpaired) electrons. The lowest BCUT2D eigenvalue weighted by Gasteiger charge is -2.39. The number of ether oxygens (including phenoxy) is 1. The average Bonchev–Trinajstić information content (AvgIpc) is 2.80. The summed E-state index contributed by atoms with van der Waals surface area (Å²) in [6, 6.07) is 16.1. The lowest BCUT2D eigenvalue weighted by molar-refractivity contribution is -0.137. The Morgan fingerprint density at radius 1 is 1.03 bits per heavy atom.